The summed E-state index contributed by atoms with van der Waals surface area (Å²) >= 11 is 1.92. The molecule has 0 aliphatic carbocycles. The van der Waals surface area contributed by atoms with Gasteiger partial charge in [0.05, 0.1) is 51.7 Å². The quantitative estimate of drug-likeness (QED) is 0.0634. The Morgan fingerprint density at radius 3 is 1.78 bits per heavy atom. The molecule has 0 heterocycles. The fraction of sp³-hybridized carbons (Fsp3) is 0.366. The topological polar surface area (TPSA) is 76.7 Å². The van der Waals surface area contributed by atoms with Crippen LogP contribution in [0.15, 0.2) is 121 Å². The molecular formula is C41H52N3O4S+. The summed E-state index contributed by atoms with van der Waals surface area (Å²) in [7, 11) is 4.26. The Balaban J connectivity index is 1.22. The van der Waals surface area contributed by atoms with Crippen LogP contribution in [0.1, 0.15) is 35.6 Å². The number of rotatable bonds is 21. The SMILES string of the molecule is CC[N+](C)(C)CCNC(=O)C(Cc1ccccc1)NC(=O)COCCOCCCSC(c1ccccc1)(c1ccccc1)c1ccccc1. The van der Waals surface area contributed by atoms with Crippen LogP contribution in [0.3, 0.4) is 0 Å². The molecule has 0 bridgehead atoms. The summed E-state index contributed by atoms with van der Waals surface area (Å²) in [6, 6.07) is 41.1. The van der Waals surface area contributed by atoms with E-state index < -0.39 is 6.04 Å². The summed E-state index contributed by atoms with van der Waals surface area (Å²) < 4.78 is 12.0. The third-order valence-electron chi connectivity index (χ3n) is 8.70. The molecule has 4 aromatic rings. The number of likely N-dealkylation sites (N-methyl/N-ethyl adjacent to an activating group) is 1. The zero-order valence-corrected chi connectivity index (χ0v) is 30.0. The first-order chi connectivity index (χ1) is 23.8. The summed E-state index contributed by atoms with van der Waals surface area (Å²) in [6.45, 7) is 5.58. The van der Waals surface area contributed by atoms with Crippen molar-refractivity contribution in [2.45, 2.75) is 30.6 Å². The Morgan fingerprint density at radius 1 is 0.735 bits per heavy atom. The minimum Gasteiger partial charge on any atom is -0.379 e. The molecule has 0 aliphatic heterocycles. The van der Waals surface area contributed by atoms with E-state index in [0.717, 1.165) is 35.3 Å². The van der Waals surface area contributed by atoms with Crippen LogP contribution in [0.4, 0.5) is 0 Å². The normalized spacial score (nSPS) is 12.3. The van der Waals surface area contributed by atoms with Crippen molar-refractivity contribution in [3.8, 4) is 0 Å². The Labute approximate surface area is 297 Å². The maximum Gasteiger partial charge on any atom is 0.246 e. The first kappa shape index (κ1) is 37.9. The van der Waals surface area contributed by atoms with Crippen molar-refractivity contribution in [3.63, 3.8) is 0 Å². The fourth-order valence-electron chi connectivity index (χ4n) is 5.60. The van der Waals surface area contributed by atoms with E-state index in [-0.39, 0.29) is 23.2 Å². The monoisotopic (exact) mass is 682 g/mol. The van der Waals surface area contributed by atoms with E-state index in [1.54, 1.807) is 0 Å². The van der Waals surface area contributed by atoms with Gasteiger partial charge in [-0.05, 0) is 41.4 Å². The van der Waals surface area contributed by atoms with Gasteiger partial charge in [0.15, 0.2) is 0 Å². The maximum atomic E-state index is 13.1. The number of thioether (sulfide) groups is 1. The van der Waals surface area contributed by atoms with Gasteiger partial charge in [-0.1, -0.05) is 121 Å². The summed E-state index contributed by atoms with van der Waals surface area (Å²) in [5.74, 6) is 0.378. The highest BCUT2D eigenvalue weighted by molar-refractivity contribution is 8.00. The Hall–Kier alpha value is -3.95. The van der Waals surface area contributed by atoms with Crippen molar-refractivity contribution in [2.24, 2.45) is 0 Å². The summed E-state index contributed by atoms with van der Waals surface area (Å²) in [5.41, 5.74) is 4.71. The minimum absolute atomic E-state index is 0.134. The highest BCUT2D eigenvalue weighted by atomic mass is 32.2. The molecule has 49 heavy (non-hydrogen) atoms. The van der Waals surface area contributed by atoms with Crippen molar-refractivity contribution in [2.75, 3.05) is 65.9 Å². The molecule has 0 saturated heterocycles. The van der Waals surface area contributed by atoms with Gasteiger partial charge < -0.3 is 24.6 Å². The van der Waals surface area contributed by atoms with Gasteiger partial charge in [0, 0.05) is 13.0 Å². The molecule has 2 amide bonds. The Morgan fingerprint density at radius 2 is 1.24 bits per heavy atom. The molecule has 0 aromatic heterocycles. The number of nitrogens with one attached hydrogen (secondary N) is 2. The van der Waals surface area contributed by atoms with Crippen molar-refractivity contribution < 1.29 is 23.5 Å². The van der Waals surface area contributed by atoms with Crippen LogP contribution in [-0.4, -0.2) is 88.2 Å². The lowest BCUT2D eigenvalue weighted by Crippen LogP contribution is -2.51. The van der Waals surface area contributed by atoms with Crippen molar-refractivity contribution >= 4 is 23.6 Å². The zero-order chi connectivity index (χ0) is 34.8. The van der Waals surface area contributed by atoms with Gasteiger partial charge in [0.25, 0.3) is 0 Å². The molecule has 0 radical (unpaired) electrons. The number of benzene rings is 4. The predicted octanol–water partition coefficient (Wildman–Crippen LogP) is 6.08. The second-order valence-corrected chi connectivity index (χ2v) is 14.0. The van der Waals surface area contributed by atoms with E-state index in [0.29, 0.717) is 32.8 Å². The first-order valence-corrected chi connectivity index (χ1v) is 18.2. The largest absolute Gasteiger partial charge is 0.379 e. The van der Waals surface area contributed by atoms with Crippen molar-refractivity contribution in [1.29, 1.82) is 0 Å². The lowest BCUT2D eigenvalue weighted by molar-refractivity contribution is -0.887. The minimum atomic E-state index is -0.681. The Kier molecular flexibility index (Phi) is 15.4. The van der Waals surface area contributed by atoms with Crippen LogP contribution in [0.2, 0.25) is 0 Å². The fourth-order valence-corrected chi connectivity index (χ4v) is 7.07. The average molecular weight is 683 g/mol. The lowest BCUT2D eigenvalue weighted by Gasteiger charge is -2.35. The first-order valence-electron chi connectivity index (χ1n) is 17.2. The van der Waals surface area contributed by atoms with Gasteiger partial charge in [-0.25, -0.2) is 0 Å². The summed E-state index contributed by atoms with van der Waals surface area (Å²) in [5, 5.41) is 5.88. The van der Waals surface area contributed by atoms with E-state index in [1.807, 2.05) is 42.1 Å². The van der Waals surface area contributed by atoms with Crippen LogP contribution in [0.25, 0.3) is 0 Å². The number of ether oxygens (including phenoxy) is 2. The molecule has 4 aromatic carbocycles. The van der Waals surface area contributed by atoms with Crippen LogP contribution >= 0.6 is 11.8 Å². The predicted molar refractivity (Wildman–Crippen MR) is 201 cm³/mol. The number of nitrogens with zero attached hydrogens (tertiary/aromatic N) is 1. The van der Waals surface area contributed by atoms with E-state index >= 15 is 0 Å². The molecule has 260 valence electrons. The number of hydrogen-bond donors (Lipinski definition) is 2. The van der Waals surface area contributed by atoms with Crippen molar-refractivity contribution in [1.82, 2.24) is 10.6 Å². The summed E-state index contributed by atoms with van der Waals surface area (Å²) in [6.07, 6.45) is 1.27. The van der Waals surface area contributed by atoms with E-state index in [4.69, 9.17) is 9.47 Å². The van der Waals surface area contributed by atoms with Crippen molar-refractivity contribution in [3.05, 3.63) is 144 Å². The standard InChI is InChI=1S/C41H51N3O4S/c1-4-44(2,3)27-26-42-40(46)38(32-34-18-9-5-10-19-34)43-39(45)33-48-30-29-47-28-17-31-49-41(35-20-11-6-12-21-35,36-22-13-7-14-23-36)37-24-15-8-16-25-37/h5-16,18-25,38H,4,17,26-33H2,1-3H3,(H-,42,43,45,46)/p+1. The van der Waals surface area contributed by atoms with Gasteiger partial charge >= 0.3 is 0 Å². The molecule has 1 atom stereocenters. The molecule has 1 unspecified atom stereocenters. The van der Waals surface area contributed by atoms with Gasteiger partial charge in [0.2, 0.25) is 11.8 Å². The molecule has 4 rings (SSSR count). The third kappa shape index (κ3) is 11.9. The number of carbonyl (C=O) groups is 2. The number of amides is 2. The molecule has 0 saturated carbocycles. The molecule has 2 N–H and O–H groups in total. The maximum absolute atomic E-state index is 13.1. The van der Waals surface area contributed by atoms with E-state index in [1.165, 1.54) is 16.7 Å². The van der Waals surface area contributed by atoms with Gasteiger partial charge in [-0.2, -0.15) is 0 Å². The van der Waals surface area contributed by atoms with E-state index in [9.17, 15) is 9.59 Å². The molecular weight excluding hydrogens is 631 g/mol. The number of hydrogen-bond acceptors (Lipinski definition) is 5. The third-order valence-corrected chi connectivity index (χ3v) is 10.3. The number of carbonyl (C=O) groups excluding carboxylic acids is 2. The summed E-state index contributed by atoms with van der Waals surface area (Å²) in [4.78, 5) is 25.9. The molecule has 8 heteroatoms. The second-order valence-electron chi connectivity index (χ2n) is 12.7. The van der Waals surface area contributed by atoms with E-state index in [2.05, 4.69) is 123 Å². The van der Waals surface area contributed by atoms with Crippen LogP contribution < -0.4 is 10.6 Å². The Bertz CT molecular complexity index is 1430. The zero-order valence-electron chi connectivity index (χ0n) is 29.2. The van der Waals surface area contributed by atoms with Gasteiger partial charge in [-0.3, -0.25) is 9.59 Å². The molecule has 0 fully saturated rings. The smallest absolute Gasteiger partial charge is 0.246 e. The van der Waals surface area contributed by atoms with Gasteiger partial charge in [0.1, 0.15) is 12.6 Å². The molecule has 0 spiro atoms. The number of quaternary nitrogens is 1. The second kappa shape index (κ2) is 19.9. The van der Waals surface area contributed by atoms with Crippen LogP contribution in [-0.2, 0) is 30.2 Å². The highest BCUT2D eigenvalue weighted by Crippen LogP contribution is 2.48. The van der Waals surface area contributed by atoms with Gasteiger partial charge in [-0.15, -0.1) is 11.8 Å². The average Bonchev–Trinajstić information content (AvgIpc) is 3.13. The van der Waals surface area contributed by atoms with Crippen LogP contribution in [0, 0.1) is 0 Å². The molecule has 0 aliphatic rings. The van der Waals surface area contributed by atoms with Crippen LogP contribution in [0.5, 0.6) is 0 Å². The molecule has 7 nitrogen and oxygen atoms in total. The lowest BCUT2D eigenvalue weighted by atomic mass is 9.84. The highest BCUT2D eigenvalue weighted by Gasteiger charge is 2.36.